The molecule has 2 aromatic heterocycles. The summed E-state index contributed by atoms with van der Waals surface area (Å²) in [5.74, 6) is -0.822. The van der Waals surface area contributed by atoms with Crippen LogP contribution in [0, 0.1) is 51.2 Å². The van der Waals surface area contributed by atoms with Gasteiger partial charge in [-0.05, 0) is 131 Å². The molecule has 6 aromatic rings. The van der Waals surface area contributed by atoms with Crippen molar-refractivity contribution >= 4 is 67.8 Å². The molecule has 2 aliphatic heterocycles. The molecule has 19 heteroatoms. The van der Waals surface area contributed by atoms with Crippen molar-refractivity contribution in [3.05, 3.63) is 129 Å². The Hall–Kier alpha value is -5.85. The van der Waals surface area contributed by atoms with Crippen LogP contribution in [0.4, 0.5) is 31.5 Å². The second-order valence-corrected chi connectivity index (χ2v) is 21.0. The Morgan fingerprint density at radius 3 is 1.57 bits per heavy atom. The fraction of sp³-hybridized carbons (Fsp3) is 0.373. The third kappa shape index (κ3) is 12.9. The van der Waals surface area contributed by atoms with E-state index in [9.17, 15) is 26.8 Å². The summed E-state index contributed by atoms with van der Waals surface area (Å²) in [5.41, 5.74) is 9.20. The summed E-state index contributed by atoms with van der Waals surface area (Å²) in [7, 11) is -3.28. The number of nitrogens with zero attached hydrogens (tertiary/aromatic N) is 3. The molecule has 0 unspecified atom stereocenters. The number of aryl methyl sites for hydroxylation is 4. The lowest BCUT2D eigenvalue weighted by Crippen LogP contribution is -2.31. The predicted octanol–water partition coefficient (Wildman–Crippen LogP) is 10.4. The molecule has 2 amide bonds. The Bertz CT molecular complexity index is 2940. The van der Waals surface area contributed by atoms with Crippen molar-refractivity contribution in [1.82, 2.24) is 19.9 Å². The highest BCUT2D eigenvalue weighted by molar-refractivity contribution is 7.88. The Morgan fingerprint density at radius 2 is 1.19 bits per heavy atom. The number of aromatic nitrogens is 2. The number of halogens is 4. The highest BCUT2D eigenvalue weighted by atomic mass is 35.5. The van der Waals surface area contributed by atoms with Crippen molar-refractivity contribution < 1.29 is 35.8 Å². The maximum absolute atomic E-state index is 13.9. The summed E-state index contributed by atoms with van der Waals surface area (Å²) in [5, 5.41) is 24.6. The SMILES string of the molecule is Cc1noc(C)c1-c1ccc(N[C@H]2CCN(S(C)(=O)=O)C2)c(NC(=O)[C@@H](C)Cc2ccc(Cl)c(F)c2)c1.Cc1noc(C)c1-c1ccc(N[C@H]2CCNC2)c(NC(=O)[C@@H](C)Cc2ccc(Cl)c(F)c2)c1. The molecule has 0 radical (unpaired) electrons. The van der Waals surface area contributed by atoms with E-state index in [4.69, 9.17) is 32.2 Å². The monoisotopic (exact) mass is 1020 g/mol. The van der Waals surface area contributed by atoms with Crippen LogP contribution in [0.2, 0.25) is 10.0 Å². The predicted molar refractivity (Wildman–Crippen MR) is 272 cm³/mol. The number of hydrogen-bond donors (Lipinski definition) is 5. The third-order valence-corrected chi connectivity index (χ3v) is 14.4. The largest absolute Gasteiger partial charge is 0.379 e. The number of anilines is 4. The normalized spacial score (nSPS) is 16.8. The Morgan fingerprint density at radius 1 is 0.714 bits per heavy atom. The molecule has 70 heavy (non-hydrogen) atoms. The van der Waals surface area contributed by atoms with Crippen LogP contribution in [0.15, 0.2) is 81.8 Å². The lowest BCUT2D eigenvalue weighted by Gasteiger charge is -2.20. The number of carbonyl (C=O) groups excluding carboxylic acids is 2. The maximum atomic E-state index is 13.9. The molecular formula is C51H58Cl2F2N8O6S. The molecule has 2 saturated heterocycles. The van der Waals surface area contributed by atoms with Crippen LogP contribution >= 0.6 is 23.2 Å². The van der Waals surface area contributed by atoms with Gasteiger partial charge in [0.1, 0.15) is 23.2 Å². The number of benzene rings is 4. The van der Waals surface area contributed by atoms with E-state index in [1.165, 1.54) is 34.8 Å². The number of sulfonamides is 1. The molecule has 4 aromatic carbocycles. The summed E-state index contributed by atoms with van der Waals surface area (Å²) in [6.45, 7) is 13.7. The highest BCUT2D eigenvalue weighted by Gasteiger charge is 2.30. The first-order valence-corrected chi connectivity index (χ1v) is 25.7. The molecule has 0 bridgehead atoms. The molecule has 14 nitrogen and oxygen atoms in total. The number of amides is 2. The van der Waals surface area contributed by atoms with E-state index in [0.29, 0.717) is 66.8 Å². The number of carbonyl (C=O) groups is 2. The van der Waals surface area contributed by atoms with Gasteiger partial charge in [0.25, 0.3) is 0 Å². The van der Waals surface area contributed by atoms with Crippen molar-refractivity contribution in [3.63, 3.8) is 0 Å². The van der Waals surface area contributed by atoms with Gasteiger partial charge in [0.15, 0.2) is 0 Å². The molecule has 0 aliphatic carbocycles. The second-order valence-electron chi connectivity index (χ2n) is 18.2. The summed E-state index contributed by atoms with van der Waals surface area (Å²) in [4.78, 5) is 26.3. The first-order chi connectivity index (χ1) is 33.2. The molecule has 0 saturated carbocycles. The number of nitrogens with one attached hydrogen (secondary N) is 5. The van der Waals surface area contributed by atoms with Gasteiger partial charge in [-0.25, -0.2) is 21.5 Å². The Labute approximate surface area is 417 Å². The van der Waals surface area contributed by atoms with Gasteiger partial charge in [0.2, 0.25) is 21.8 Å². The zero-order valence-corrected chi connectivity index (χ0v) is 42.4. The van der Waals surface area contributed by atoms with Crippen LogP contribution in [-0.2, 0) is 32.5 Å². The molecule has 5 N–H and O–H groups in total. The summed E-state index contributed by atoms with van der Waals surface area (Å²) in [6.07, 6.45) is 3.59. The molecule has 8 rings (SSSR count). The van der Waals surface area contributed by atoms with Crippen molar-refractivity contribution in [3.8, 4) is 22.3 Å². The van der Waals surface area contributed by atoms with Gasteiger partial charge < -0.3 is 35.6 Å². The van der Waals surface area contributed by atoms with Gasteiger partial charge in [-0.3, -0.25) is 9.59 Å². The van der Waals surface area contributed by atoms with Gasteiger partial charge in [-0.15, -0.1) is 0 Å². The van der Waals surface area contributed by atoms with Gasteiger partial charge in [-0.1, -0.05) is 71.6 Å². The van der Waals surface area contributed by atoms with Crippen LogP contribution in [0.5, 0.6) is 0 Å². The van der Waals surface area contributed by atoms with E-state index in [0.717, 1.165) is 70.2 Å². The van der Waals surface area contributed by atoms with Gasteiger partial charge in [0.05, 0.1) is 50.4 Å². The van der Waals surface area contributed by atoms with E-state index in [1.54, 1.807) is 19.1 Å². The fourth-order valence-corrected chi connectivity index (χ4v) is 9.87. The smallest absolute Gasteiger partial charge is 0.227 e. The van der Waals surface area contributed by atoms with Crippen LogP contribution in [0.3, 0.4) is 0 Å². The van der Waals surface area contributed by atoms with Crippen LogP contribution in [0.1, 0.15) is 60.7 Å². The Kier molecular flexibility index (Phi) is 16.7. The fourth-order valence-electron chi connectivity index (χ4n) is 8.75. The summed E-state index contributed by atoms with van der Waals surface area (Å²) >= 11 is 11.6. The third-order valence-electron chi connectivity index (χ3n) is 12.5. The van der Waals surface area contributed by atoms with Crippen molar-refractivity contribution in [2.24, 2.45) is 11.8 Å². The van der Waals surface area contributed by atoms with Crippen molar-refractivity contribution in [1.29, 1.82) is 0 Å². The molecule has 4 heterocycles. The molecule has 2 aliphatic rings. The van der Waals surface area contributed by atoms with E-state index in [1.807, 2.05) is 71.0 Å². The van der Waals surface area contributed by atoms with Gasteiger partial charge >= 0.3 is 0 Å². The van der Waals surface area contributed by atoms with Crippen LogP contribution in [0.25, 0.3) is 22.3 Å². The lowest BCUT2D eigenvalue weighted by atomic mass is 9.99. The first kappa shape index (κ1) is 52.0. The quantitative estimate of drug-likeness (QED) is 0.0660. The van der Waals surface area contributed by atoms with E-state index in [-0.39, 0.29) is 33.8 Å². The average Bonchev–Trinajstić information content (AvgIpc) is 4.14. The van der Waals surface area contributed by atoms with E-state index < -0.39 is 27.6 Å². The second kappa shape index (κ2) is 22.5. The van der Waals surface area contributed by atoms with Crippen molar-refractivity contribution in [2.45, 2.75) is 79.3 Å². The van der Waals surface area contributed by atoms with Crippen LogP contribution in [-0.4, -0.2) is 79.4 Å². The van der Waals surface area contributed by atoms with Gasteiger partial charge in [0, 0.05) is 54.7 Å². The van der Waals surface area contributed by atoms with Gasteiger partial charge in [-0.2, -0.15) is 0 Å². The Balaban J connectivity index is 0.000000208. The average molecular weight is 1020 g/mol. The molecular weight excluding hydrogens is 962 g/mol. The maximum Gasteiger partial charge on any atom is 0.227 e. The van der Waals surface area contributed by atoms with Crippen molar-refractivity contribution in [2.75, 3.05) is 53.7 Å². The lowest BCUT2D eigenvalue weighted by molar-refractivity contribution is -0.120. The topological polar surface area (TPSA) is 184 Å². The molecule has 0 spiro atoms. The van der Waals surface area contributed by atoms with Crippen LogP contribution < -0.4 is 26.6 Å². The standard InChI is InChI=1S/C26H30ClFN4O4S.C25H28ClFN4O2/c1-15(11-18-5-7-21(27)22(28)12-18)26(33)30-24-13-19(25-16(2)31-36-17(25)3)6-8-23(24)29-20-9-10-32(14-20)37(4,34)35;1-14(10-17-4-6-20(26)21(27)11-17)25(32)30-23-12-18(24-15(2)31-33-16(24)3)5-7-22(23)29-19-8-9-28-13-19/h5-8,12-13,15,20,29H,9-11,14H2,1-4H3,(H,30,33);4-7,11-12,14,19,28-29H,8-10,13H2,1-3H3,(H,30,32)/t15-,20-;14-,19-/m00/s1. The number of hydrogen-bond acceptors (Lipinski definition) is 11. The minimum atomic E-state index is -3.28. The van der Waals surface area contributed by atoms with E-state index >= 15 is 0 Å². The minimum Gasteiger partial charge on any atom is -0.379 e. The molecule has 4 atom stereocenters. The first-order valence-electron chi connectivity index (χ1n) is 23.1. The highest BCUT2D eigenvalue weighted by Crippen LogP contribution is 2.36. The molecule has 2 fully saturated rings. The summed E-state index contributed by atoms with van der Waals surface area (Å²) < 4.78 is 63.7. The number of rotatable bonds is 15. The minimum absolute atomic E-state index is 0.0362. The molecule has 372 valence electrons. The zero-order chi connectivity index (χ0) is 50.4. The zero-order valence-electron chi connectivity index (χ0n) is 40.1. The summed E-state index contributed by atoms with van der Waals surface area (Å²) in [6, 6.07) is 20.9. The van der Waals surface area contributed by atoms with E-state index in [2.05, 4.69) is 36.9 Å².